The molecule has 1 aromatic heterocycles. The first-order chi connectivity index (χ1) is 9.69. The Morgan fingerprint density at radius 3 is 2.85 bits per heavy atom. The zero-order chi connectivity index (χ0) is 14.4. The molecule has 2 rings (SSSR count). The molecule has 1 aromatic carbocycles. The van der Waals surface area contributed by atoms with Gasteiger partial charge >= 0.3 is 0 Å². The zero-order valence-corrected chi connectivity index (χ0v) is 12.8. The summed E-state index contributed by atoms with van der Waals surface area (Å²) in [6.07, 6.45) is 4.53. The molecule has 3 nitrogen and oxygen atoms in total. The summed E-state index contributed by atoms with van der Waals surface area (Å²) in [5.41, 5.74) is 1.05. The molecule has 0 amide bonds. The summed E-state index contributed by atoms with van der Waals surface area (Å²) in [4.78, 5) is 4.15. The van der Waals surface area contributed by atoms with Crippen molar-refractivity contribution in [2.45, 2.75) is 19.9 Å². The van der Waals surface area contributed by atoms with Crippen molar-refractivity contribution in [3.05, 3.63) is 52.5 Å². The van der Waals surface area contributed by atoms with Gasteiger partial charge in [0.15, 0.2) is 0 Å². The van der Waals surface area contributed by atoms with Crippen molar-refractivity contribution in [3.8, 4) is 11.5 Å². The molecule has 0 spiro atoms. The number of hydrogen-bond donors (Lipinski definition) is 1. The molecule has 0 aliphatic heterocycles. The first kappa shape index (κ1) is 14.9. The van der Waals surface area contributed by atoms with Gasteiger partial charge in [0.1, 0.15) is 17.3 Å². The summed E-state index contributed by atoms with van der Waals surface area (Å²) in [6, 6.07) is 6.46. The molecule has 0 aliphatic rings. The van der Waals surface area contributed by atoms with Crippen LogP contribution in [0.5, 0.6) is 11.5 Å². The number of nitrogens with zero attached hydrogens (tertiary/aromatic N) is 1. The lowest BCUT2D eigenvalue weighted by molar-refractivity contribution is 0.476. The maximum absolute atomic E-state index is 13.2. The second kappa shape index (κ2) is 7.36. The smallest absolute Gasteiger partial charge is 0.146 e. The lowest BCUT2D eigenvalue weighted by atomic mass is 10.2. The standard InChI is InChI=1S/C15H16BrFN2O/c1-2-5-18-8-11-6-13(10-19-9-11)20-12-3-4-15(17)14(16)7-12/h3-4,6-7,9-10,18H,2,5,8H2,1H3. The van der Waals surface area contributed by atoms with Crippen LogP contribution in [0.25, 0.3) is 0 Å². The number of ether oxygens (including phenoxy) is 1. The van der Waals surface area contributed by atoms with Gasteiger partial charge in [0.2, 0.25) is 0 Å². The number of halogens is 2. The summed E-state index contributed by atoms with van der Waals surface area (Å²) < 4.78 is 19.2. The molecular weight excluding hydrogens is 323 g/mol. The minimum Gasteiger partial charge on any atom is -0.456 e. The van der Waals surface area contributed by atoms with Crippen LogP contribution in [-0.2, 0) is 6.54 Å². The van der Waals surface area contributed by atoms with E-state index >= 15 is 0 Å². The SMILES string of the molecule is CCCNCc1cncc(Oc2ccc(F)c(Br)c2)c1. The molecule has 1 heterocycles. The third-order valence-corrected chi connectivity index (χ3v) is 3.26. The Kier molecular flexibility index (Phi) is 5.49. The highest BCUT2D eigenvalue weighted by atomic mass is 79.9. The number of aromatic nitrogens is 1. The number of nitrogens with one attached hydrogen (secondary N) is 1. The van der Waals surface area contributed by atoms with Gasteiger partial charge in [0.25, 0.3) is 0 Å². The Morgan fingerprint density at radius 2 is 2.10 bits per heavy atom. The van der Waals surface area contributed by atoms with E-state index in [-0.39, 0.29) is 5.82 Å². The van der Waals surface area contributed by atoms with Crippen LogP contribution >= 0.6 is 15.9 Å². The average Bonchev–Trinajstić information content (AvgIpc) is 2.44. The molecule has 0 unspecified atom stereocenters. The van der Waals surface area contributed by atoms with E-state index in [0.717, 1.165) is 25.1 Å². The van der Waals surface area contributed by atoms with E-state index in [1.54, 1.807) is 24.5 Å². The van der Waals surface area contributed by atoms with Gasteiger partial charge in [-0.05, 0) is 58.7 Å². The maximum atomic E-state index is 13.2. The second-order valence-corrected chi connectivity index (χ2v) is 5.24. The van der Waals surface area contributed by atoms with Crippen LogP contribution in [-0.4, -0.2) is 11.5 Å². The van der Waals surface area contributed by atoms with Crippen LogP contribution in [0, 0.1) is 5.82 Å². The van der Waals surface area contributed by atoms with Gasteiger partial charge < -0.3 is 10.1 Å². The van der Waals surface area contributed by atoms with E-state index in [4.69, 9.17) is 4.74 Å². The van der Waals surface area contributed by atoms with E-state index in [0.29, 0.717) is 16.0 Å². The summed E-state index contributed by atoms with van der Waals surface area (Å²) in [5.74, 6) is 0.894. The van der Waals surface area contributed by atoms with Crippen LogP contribution in [0.1, 0.15) is 18.9 Å². The van der Waals surface area contributed by atoms with Crippen molar-refractivity contribution in [3.63, 3.8) is 0 Å². The third kappa shape index (κ3) is 4.28. The van der Waals surface area contributed by atoms with Crippen molar-refractivity contribution < 1.29 is 9.13 Å². The molecule has 0 aliphatic carbocycles. The fourth-order valence-electron chi connectivity index (χ4n) is 1.70. The maximum Gasteiger partial charge on any atom is 0.146 e. The minimum atomic E-state index is -0.312. The molecule has 0 saturated carbocycles. The Hall–Kier alpha value is -1.46. The van der Waals surface area contributed by atoms with Crippen LogP contribution < -0.4 is 10.1 Å². The van der Waals surface area contributed by atoms with Crippen LogP contribution in [0.15, 0.2) is 41.1 Å². The highest BCUT2D eigenvalue weighted by Crippen LogP contribution is 2.26. The van der Waals surface area contributed by atoms with Crippen molar-refractivity contribution >= 4 is 15.9 Å². The van der Waals surface area contributed by atoms with Crippen molar-refractivity contribution in [1.82, 2.24) is 10.3 Å². The van der Waals surface area contributed by atoms with Gasteiger partial charge in [0.05, 0.1) is 10.7 Å². The first-order valence-corrected chi connectivity index (χ1v) is 7.26. The van der Waals surface area contributed by atoms with E-state index in [2.05, 4.69) is 33.2 Å². The third-order valence-electron chi connectivity index (χ3n) is 2.65. The van der Waals surface area contributed by atoms with Gasteiger partial charge in [-0.2, -0.15) is 0 Å². The Balaban J connectivity index is 2.05. The zero-order valence-electron chi connectivity index (χ0n) is 11.2. The molecule has 0 atom stereocenters. The van der Waals surface area contributed by atoms with E-state index < -0.39 is 0 Å². The summed E-state index contributed by atoms with van der Waals surface area (Å²) in [5, 5.41) is 3.31. The molecule has 0 bridgehead atoms. The number of rotatable bonds is 6. The Labute approximate surface area is 126 Å². The molecule has 1 N–H and O–H groups in total. The summed E-state index contributed by atoms with van der Waals surface area (Å²) in [6.45, 7) is 3.85. The lowest BCUT2D eigenvalue weighted by Crippen LogP contribution is -2.13. The van der Waals surface area contributed by atoms with Crippen molar-refractivity contribution in [2.24, 2.45) is 0 Å². The van der Waals surface area contributed by atoms with Gasteiger partial charge in [-0.1, -0.05) is 6.92 Å². The quantitative estimate of drug-likeness (QED) is 0.798. The Bertz CT molecular complexity index is 578. The highest BCUT2D eigenvalue weighted by Gasteiger charge is 2.04. The van der Waals surface area contributed by atoms with Gasteiger partial charge in [-0.15, -0.1) is 0 Å². The van der Waals surface area contributed by atoms with Gasteiger partial charge in [-0.3, -0.25) is 4.98 Å². The van der Waals surface area contributed by atoms with Crippen molar-refractivity contribution in [1.29, 1.82) is 0 Å². The predicted octanol–water partition coefficient (Wildman–Crippen LogP) is 4.28. The molecule has 106 valence electrons. The number of hydrogen-bond acceptors (Lipinski definition) is 3. The van der Waals surface area contributed by atoms with Crippen LogP contribution in [0.3, 0.4) is 0 Å². The minimum absolute atomic E-state index is 0.312. The van der Waals surface area contributed by atoms with Crippen LogP contribution in [0.2, 0.25) is 0 Å². The first-order valence-electron chi connectivity index (χ1n) is 6.46. The van der Waals surface area contributed by atoms with E-state index in [9.17, 15) is 4.39 Å². The van der Waals surface area contributed by atoms with E-state index in [1.165, 1.54) is 6.07 Å². The van der Waals surface area contributed by atoms with Gasteiger partial charge in [-0.25, -0.2) is 4.39 Å². The van der Waals surface area contributed by atoms with Gasteiger partial charge in [0, 0.05) is 12.7 Å². The average molecular weight is 339 g/mol. The molecular formula is C15H16BrFN2O. The summed E-state index contributed by atoms with van der Waals surface area (Å²) in [7, 11) is 0. The topological polar surface area (TPSA) is 34.2 Å². The molecule has 2 aromatic rings. The predicted molar refractivity (Wildman–Crippen MR) is 80.4 cm³/mol. The Morgan fingerprint density at radius 1 is 1.25 bits per heavy atom. The normalized spacial score (nSPS) is 10.6. The highest BCUT2D eigenvalue weighted by molar-refractivity contribution is 9.10. The van der Waals surface area contributed by atoms with Crippen LogP contribution in [0.4, 0.5) is 4.39 Å². The summed E-state index contributed by atoms with van der Waals surface area (Å²) >= 11 is 3.14. The monoisotopic (exact) mass is 338 g/mol. The lowest BCUT2D eigenvalue weighted by Gasteiger charge is -2.08. The van der Waals surface area contributed by atoms with Crippen molar-refractivity contribution in [2.75, 3.05) is 6.54 Å². The molecule has 0 radical (unpaired) electrons. The molecule has 0 saturated heterocycles. The number of pyridine rings is 1. The fourth-order valence-corrected chi connectivity index (χ4v) is 2.06. The molecule has 0 fully saturated rings. The molecule has 5 heteroatoms. The fraction of sp³-hybridized carbons (Fsp3) is 0.267. The number of benzene rings is 1. The van der Waals surface area contributed by atoms with E-state index in [1.807, 2.05) is 6.07 Å². The largest absolute Gasteiger partial charge is 0.456 e. The molecule has 20 heavy (non-hydrogen) atoms. The second-order valence-electron chi connectivity index (χ2n) is 4.38.